The van der Waals surface area contributed by atoms with Crippen molar-refractivity contribution in [2.45, 2.75) is 24.6 Å². The number of rotatable bonds is 4. The number of carbonyl (C=O) groups excluding carboxylic acids is 1. The van der Waals surface area contributed by atoms with Gasteiger partial charge in [-0.15, -0.1) is 47.0 Å². The van der Waals surface area contributed by atoms with Gasteiger partial charge in [0.2, 0.25) is 5.91 Å². The first-order valence-corrected chi connectivity index (χ1v) is 16.6. The van der Waals surface area contributed by atoms with Crippen molar-refractivity contribution in [3.63, 3.8) is 0 Å². The summed E-state index contributed by atoms with van der Waals surface area (Å²) < 4.78 is 8.75. The molecule has 1 aromatic carbocycles. The predicted octanol–water partition coefficient (Wildman–Crippen LogP) is 7.92. The van der Waals surface area contributed by atoms with Crippen LogP contribution in [0.25, 0.3) is 0 Å². The van der Waals surface area contributed by atoms with Crippen molar-refractivity contribution in [1.29, 1.82) is 0 Å². The van der Waals surface area contributed by atoms with Crippen LogP contribution in [0.5, 0.6) is 0 Å². The number of nitrogens with one attached hydrogen (secondary N) is 1. The molecular weight excluding hydrogens is 527 g/mol. The lowest BCUT2D eigenvalue weighted by atomic mass is 10.1. The summed E-state index contributed by atoms with van der Waals surface area (Å²) in [5, 5.41) is 3.51. The predicted molar refractivity (Wildman–Crippen MR) is 148 cm³/mol. The number of carbonyl (C=O) groups is 1. The monoisotopic (exact) mass is 545 g/mol. The minimum absolute atomic E-state index is 0.0492. The molecule has 5 rings (SSSR count). The first-order valence-electron chi connectivity index (χ1n) is 9.49. The van der Waals surface area contributed by atoms with Crippen molar-refractivity contribution in [2.24, 2.45) is 0 Å². The third-order valence-corrected chi connectivity index (χ3v) is 16.9. The Morgan fingerprint density at radius 3 is 2.17 bits per heavy atom. The highest BCUT2D eigenvalue weighted by molar-refractivity contribution is 8.45. The van der Waals surface area contributed by atoms with Crippen LogP contribution >= 0.6 is 94.1 Å². The standard InChI is InChI=1S/C20H19NOS8/c1-11(12-5-3-2-4-6-12)21-14(22)9-13-10-25-17-18(26-13)30-20(29-17)19-27-15-16(28-19)24-8-7-23-15/h2-6,11,13H,7-10H2,1H3,(H,21,22)/t11-,13+/m1/s1. The minimum Gasteiger partial charge on any atom is -0.350 e. The first-order chi connectivity index (χ1) is 14.7. The second kappa shape index (κ2) is 10.3. The van der Waals surface area contributed by atoms with Gasteiger partial charge < -0.3 is 5.32 Å². The second-order valence-electron chi connectivity index (χ2n) is 6.78. The van der Waals surface area contributed by atoms with Gasteiger partial charge in [0.1, 0.15) is 0 Å². The third-order valence-electron chi connectivity index (χ3n) is 4.56. The SMILES string of the molecule is C[C@@H](NC(=O)C[C@H]1CSC2=C(SC(=C3SC4=C(SCCS4)S3)S2)S1)c1ccccc1. The van der Waals surface area contributed by atoms with Crippen molar-refractivity contribution in [3.05, 3.63) is 61.3 Å². The summed E-state index contributed by atoms with van der Waals surface area (Å²) in [6, 6.07) is 10.2. The maximum Gasteiger partial charge on any atom is 0.221 e. The summed E-state index contributed by atoms with van der Waals surface area (Å²) in [6.45, 7) is 2.06. The topological polar surface area (TPSA) is 29.1 Å². The zero-order valence-electron chi connectivity index (χ0n) is 16.0. The highest BCUT2D eigenvalue weighted by atomic mass is 32.3. The Balaban J connectivity index is 1.15. The zero-order valence-corrected chi connectivity index (χ0v) is 22.6. The van der Waals surface area contributed by atoms with Gasteiger partial charge in [-0.1, -0.05) is 77.4 Å². The van der Waals surface area contributed by atoms with E-state index in [9.17, 15) is 4.79 Å². The van der Waals surface area contributed by atoms with Crippen LogP contribution in [-0.2, 0) is 4.79 Å². The van der Waals surface area contributed by atoms with Crippen LogP contribution in [0.3, 0.4) is 0 Å². The molecule has 0 radical (unpaired) electrons. The van der Waals surface area contributed by atoms with Crippen LogP contribution in [0.4, 0.5) is 0 Å². The molecule has 0 spiro atoms. The van der Waals surface area contributed by atoms with Crippen molar-refractivity contribution < 1.29 is 4.79 Å². The van der Waals surface area contributed by atoms with Crippen LogP contribution in [-0.4, -0.2) is 28.4 Å². The van der Waals surface area contributed by atoms with Crippen molar-refractivity contribution >= 4 is 100 Å². The molecule has 0 bridgehead atoms. The molecule has 30 heavy (non-hydrogen) atoms. The Bertz CT molecular complexity index is 921. The fourth-order valence-corrected chi connectivity index (χ4v) is 15.7. The fourth-order valence-electron chi connectivity index (χ4n) is 3.10. The van der Waals surface area contributed by atoms with E-state index in [1.807, 2.05) is 112 Å². The highest BCUT2D eigenvalue weighted by Gasteiger charge is 2.35. The average Bonchev–Trinajstić information content (AvgIpc) is 3.38. The number of amides is 1. The van der Waals surface area contributed by atoms with Crippen LogP contribution in [0.15, 0.2) is 55.8 Å². The molecule has 2 nitrogen and oxygen atoms in total. The number of hydrogen-bond acceptors (Lipinski definition) is 9. The summed E-state index contributed by atoms with van der Waals surface area (Å²) in [5.74, 6) is 3.61. The summed E-state index contributed by atoms with van der Waals surface area (Å²) in [4.78, 5) is 12.6. The molecule has 10 heteroatoms. The van der Waals surface area contributed by atoms with E-state index < -0.39 is 0 Å². The molecule has 0 aromatic heterocycles. The van der Waals surface area contributed by atoms with Gasteiger partial charge in [-0.25, -0.2) is 0 Å². The Morgan fingerprint density at radius 2 is 1.50 bits per heavy atom. The molecule has 4 heterocycles. The number of thioether (sulfide) groups is 8. The number of hydrogen-bond donors (Lipinski definition) is 1. The van der Waals surface area contributed by atoms with E-state index >= 15 is 0 Å². The molecule has 1 aromatic rings. The van der Waals surface area contributed by atoms with E-state index in [0.717, 1.165) is 11.3 Å². The van der Waals surface area contributed by atoms with Crippen LogP contribution in [0.1, 0.15) is 24.9 Å². The first kappa shape index (κ1) is 22.5. The normalized spacial score (nSPS) is 24.8. The van der Waals surface area contributed by atoms with E-state index in [1.165, 1.54) is 36.9 Å². The summed E-state index contributed by atoms with van der Waals surface area (Å²) in [6.07, 6.45) is 0.579. The summed E-state index contributed by atoms with van der Waals surface area (Å²) in [7, 11) is 0. The largest absolute Gasteiger partial charge is 0.350 e. The molecular formula is C20H19NOS8. The van der Waals surface area contributed by atoms with E-state index in [2.05, 4.69) is 24.4 Å². The van der Waals surface area contributed by atoms with Gasteiger partial charge >= 0.3 is 0 Å². The van der Waals surface area contributed by atoms with Gasteiger partial charge in [-0.05, 0) is 12.5 Å². The molecule has 2 atom stereocenters. The van der Waals surface area contributed by atoms with E-state index in [0.29, 0.717) is 11.7 Å². The van der Waals surface area contributed by atoms with Crippen molar-refractivity contribution in [3.8, 4) is 0 Å². The Morgan fingerprint density at radius 1 is 0.900 bits per heavy atom. The average molecular weight is 546 g/mol. The molecule has 158 valence electrons. The van der Waals surface area contributed by atoms with E-state index in [-0.39, 0.29) is 11.9 Å². The third kappa shape index (κ3) is 5.26. The van der Waals surface area contributed by atoms with Crippen molar-refractivity contribution in [2.75, 3.05) is 17.3 Å². The quantitative estimate of drug-likeness (QED) is 0.405. The second-order valence-corrected chi connectivity index (χ2v) is 17.0. The molecule has 0 unspecified atom stereocenters. The summed E-state index contributed by atoms with van der Waals surface area (Å²) in [5.41, 5.74) is 1.15. The molecule has 0 aliphatic carbocycles. The molecule has 1 amide bonds. The van der Waals surface area contributed by atoms with Crippen LogP contribution in [0.2, 0.25) is 0 Å². The molecule has 0 saturated heterocycles. The fraction of sp³-hybridized carbons (Fsp3) is 0.350. The highest BCUT2D eigenvalue weighted by Crippen LogP contribution is 2.68. The van der Waals surface area contributed by atoms with Gasteiger partial charge in [0.15, 0.2) is 0 Å². The maximum absolute atomic E-state index is 12.6. The summed E-state index contributed by atoms with van der Waals surface area (Å²) >= 11 is 15.7. The molecule has 0 saturated carbocycles. The smallest absolute Gasteiger partial charge is 0.221 e. The minimum atomic E-state index is 0.0492. The Hall–Kier alpha value is 0.710. The van der Waals surface area contributed by atoms with Gasteiger partial charge in [0.25, 0.3) is 0 Å². The zero-order chi connectivity index (χ0) is 20.5. The molecule has 4 aliphatic heterocycles. The lowest BCUT2D eigenvalue weighted by Crippen LogP contribution is -2.30. The molecule has 1 N–H and O–H groups in total. The van der Waals surface area contributed by atoms with Crippen molar-refractivity contribution in [1.82, 2.24) is 5.32 Å². The lowest BCUT2D eigenvalue weighted by Gasteiger charge is -2.22. The van der Waals surface area contributed by atoms with Gasteiger partial charge in [0.05, 0.1) is 31.5 Å². The lowest BCUT2D eigenvalue weighted by molar-refractivity contribution is -0.121. The molecule has 4 aliphatic rings. The van der Waals surface area contributed by atoms with E-state index in [4.69, 9.17) is 0 Å². The maximum atomic E-state index is 12.6. The van der Waals surface area contributed by atoms with Gasteiger partial charge in [0, 0.05) is 28.9 Å². The van der Waals surface area contributed by atoms with Crippen LogP contribution in [0, 0.1) is 0 Å². The van der Waals surface area contributed by atoms with E-state index in [1.54, 1.807) is 0 Å². The Kier molecular flexibility index (Phi) is 7.74. The Labute approximate surface area is 211 Å². The number of benzene rings is 1. The van der Waals surface area contributed by atoms with Gasteiger partial charge in [-0.3, -0.25) is 4.79 Å². The molecule has 0 fully saturated rings. The van der Waals surface area contributed by atoms with Crippen LogP contribution < -0.4 is 5.32 Å². The van der Waals surface area contributed by atoms with Gasteiger partial charge in [-0.2, -0.15) is 0 Å².